The van der Waals surface area contributed by atoms with Crippen molar-refractivity contribution in [2.75, 3.05) is 0 Å². The van der Waals surface area contributed by atoms with Gasteiger partial charge in [0.15, 0.2) is 11.4 Å². The quantitative estimate of drug-likeness (QED) is 0.750. The zero-order chi connectivity index (χ0) is 17.7. The Balaban J connectivity index is 2.08. The highest BCUT2D eigenvalue weighted by molar-refractivity contribution is 6.30. The van der Waals surface area contributed by atoms with E-state index in [-0.39, 0.29) is 6.42 Å². The molecule has 0 heterocycles. The second kappa shape index (κ2) is 7.60. The maximum absolute atomic E-state index is 12.3. The number of Topliss-reactive ketones (excluding diaryl/α,β-unsaturated/α-hetero) is 1. The third-order valence-electron chi connectivity index (χ3n) is 3.97. The van der Waals surface area contributed by atoms with Crippen LogP contribution in [0.25, 0.3) is 0 Å². The molecule has 1 unspecified atom stereocenters. The molecular weight excluding hydrogens is 328 g/mol. The number of carboxylic acids is 1. The first-order valence-electron chi connectivity index (χ1n) is 7.60. The number of aryl methyl sites for hydroxylation is 2. The van der Waals surface area contributed by atoms with E-state index >= 15 is 0 Å². The molecule has 126 valence electrons. The summed E-state index contributed by atoms with van der Waals surface area (Å²) in [6.07, 6.45) is -0.179. The van der Waals surface area contributed by atoms with Gasteiger partial charge >= 0.3 is 5.97 Å². The molecule has 0 aromatic heterocycles. The number of aliphatic carboxylic acids is 1. The summed E-state index contributed by atoms with van der Waals surface area (Å²) in [6, 6.07) is 13.8. The maximum Gasteiger partial charge on any atom is 0.336 e. The van der Waals surface area contributed by atoms with Crippen LogP contribution in [-0.2, 0) is 11.2 Å². The van der Waals surface area contributed by atoms with Gasteiger partial charge in [0.1, 0.15) is 0 Å². The number of aliphatic hydroxyl groups is 1. The summed E-state index contributed by atoms with van der Waals surface area (Å²) in [5, 5.41) is 20.4. The number of benzene rings is 2. The van der Waals surface area contributed by atoms with Crippen LogP contribution >= 0.6 is 11.6 Å². The van der Waals surface area contributed by atoms with E-state index in [1.54, 1.807) is 48.5 Å². The first-order valence-corrected chi connectivity index (χ1v) is 7.98. The summed E-state index contributed by atoms with van der Waals surface area (Å²) >= 11 is 5.81. The van der Waals surface area contributed by atoms with Gasteiger partial charge in [0.05, 0.1) is 6.42 Å². The molecule has 0 amide bonds. The topological polar surface area (TPSA) is 74.6 Å². The lowest BCUT2D eigenvalue weighted by Crippen LogP contribution is -2.41. The Bertz CT molecular complexity index is 722. The van der Waals surface area contributed by atoms with Crippen molar-refractivity contribution < 1.29 is 19.8 Å². The Morgan fingerprint density at radius 3 is 2.17 bits per heavy atom. The SMILES string of the molecule is Cc1ccc(C(=O)CC(O)(CCc2ccc(Cl)cc2)C(=O)O)cc1. The number of carboxylic acid groups (broad SMARTS) is 1. The van der Waals surface area contributed by atoms with Crippen molar-refractivity contribution in [2.45, 2.75) is 31.8 Å². The Hall–Kier alpha value is -2.17. The lowest BCUT2D eigenvalue weighted by molar-refractivity contribution is -0.158. The molecule has 0 fully saturated rings. The van der Waals surface area contributed by atoms with Gasteiger partial charge in [-0.25, -0.2) is 4.79 Å². The number of carbonyl (C=O) groups is 2. The van der Waals surface area contributed by atoms with E-state index < -0.39 is 23.8 Å². The second-order valence-corrected chi connectivity index (χ2v) is 6.37. The molecule has 0 aliphatic carbocycles. The fraction of sp³-hybridized carbons (Fsp3) is 0.263. The molecule has 4 nitrogen and oxygen atoms in total. The maximum atomic E-state index is 12.3. The van der Waals surface area contributed by atoms with Crippen molar-refractivity contribution in [3.8, 4) is 0 Å². The monoisotopic (exact) mass is 346 g/mol. The van der Waals surface area contributed by atoms with Gasteiger partial charge in [0.25, 0.3) is 0 Å². The van der Waals surface area contributed by atoms with Gasteiger partial charge in [0.2, 0.25) is 0 Å². The van der Waals surface area contributed by atoms with Gasteiger partial charge in [-0.3, -0.25) is 4.79 Å². The molecule has 2 aromatic rings. The van der Waals surface area contributed by atoms with Crippen LogP contribution < -0.4 is 0 Å². The number of halogens is 1. The lowest BCUT2D eigenvalue weighted by Gasteiger charge is -2.22. The molecule has 2 aromatic carbocycles. The van der Waals surface area contributed by atoms with Crippen LogP contribution in [0.1, 0.15) is 34.3 Å². The fourth-order valence-corrected chi connectivity index (χ4v) is 2.51. The van der Waals surface area contributed by atoms with Crippen LogP contribution in [0, 0.1) is 6.92 Å². The average molecular weight is 347 g/mol. The minimum absolute atomic E-state index is 0.0540. The van der Waals surface area contributed by atoms with Crippen molar-refractivity contribution in [3.63, 3.8) is 0 Å². The van der Waals surface area contributed by atoms with Crippen LogP contribution in [-0.4, -0.2) is 27.6 Å². The van der Waals surface area contributed by atoms with Crippen LogP contribution in [0.4, 0.5) is 0 Å². The molecule has 5 heteroatoms. The smallest absolute Gasteiger partial charge is 0.336 e. The Kier molecular flexibility index (Phi) is 5.75. The number of ketones is 1. The van der Waals surface area contributed by atoms with Crippen molar-refractivity contribution >= 4 is 23.4 Å². The zero-order valence-electron chi connectivity index (χ0n) is 13.3. The third-order valence-corrected chi connectivity index (χ3v) is 4.22. The highest BCUT2D eigenvalue weighted by Crippen LogP contribution is 2.22. The minimum Gasteiger partial charge on any atom is -0.479 e. The molecular formula is C19H19ClO4. The molecule has 0 saturated heterocycles. The van der Waals surface area contributed by atoms with Crippen LogP contribution in [0.3, 0.4) is 0 Å². The molecule has 0 spiro atoms. The van der Waals surface area contributed by atoms with Crippen LogP contribution in [0.2, 0.25) is 5.02 Å². The molecule has 2 N–H and O–H groups in total. The van der Waals surface area contributed by atoms with Crippen molar-refractivity contribution in [2.24, 2.45) is 0 Å². The summed E-state index contributed by atoms with van der Waals surface area (Å²) in [7, 11) is 0. The molecule has 0 bridgehead atoms. The fourth-order valence-electron chi connectivity index (χ4n) is 2.38. The van der Waals surface area contributed by atoms with Gasteiger partial charge in [-0.2, -0.15) is 0 Å². The molecule has 0 radical (unpaired) electrons. The van der Waals surface area contributed by atoms with Gasteiger partial charge in [-0.15, -0.1) is 0 Å². The minimum atomic E-state index is -2.10. The molecule has 0 aliphatic heterocycles. The molecule has 1 atom stereocenters. The first kappa shape index (κ1) is 18.2. The Labute approximate surface area is 145 Å². The van der Waals surface area contributed by atoms with Crippen LogP contribution in [0.5, 0.6) is 0 Å². The van der Waals surface area contributed by atoms with E-state index in [9.17, 15) is 19.8 Å². The van der Waals surface area contributed by atoms with E-state index in [0.717, 1.165) is 11.1 Å². The standard InChI is InChI=1S/C19H19ClO4/c1-13-2-6-15(7-3-13)17(21)12-19(24,18(22)23)11-10-14-4-8-16(20)9-5-14/h2-9,24H,10-12H2,1H3,(H,22,23). The summed E-state index contributed by atoms with van der Waals surface area (Å²) < 4.78 is 0. The van der Waals surface area contributed by atoms with E-state index in [1.165, 1.54) is 0 Å². The lowest BCUT2D eigenvalue weighted by atomic mass is 9.88. The van der Waals surface area contributed by atoms with Gasteiger partial charge < -0.3 is 10.2 Å². The van der Waals surface area contributed by atoms with E-state index in [0.29, 0.717) is 17.0 Å². The summed E-state index contributed by atoms with van der Waals surface area (Å²) in [5.41, 5.74) is 0.151. The third kappa shape index (κ3) is 4.66. The predicted octanol–water partition coefficient (Wildman–Crippen LogP) is 3.67. The second-order valence-electron chi connectivity index (χ2n) is 5.93. The Morgan fingerprint density at radius 1 is 1.04 bits per heavy atom. The summed E-state index contributed by atoms with van der Waals surface area (Å²) in [6.45, 7) is 1.90. The van der Waals surface area contributed by atoms with Crippen molar-refractivity contribution in [3.05, 3.63) is 70.2 Å². The van der Waals surface area contributed by atoms with Crippen LogP contribution in [0.15, 0.2) is 48.5 Å². The number of hydrogen-bond acceptors (Lipinski definition) is 3. The van der Waals surface area contributed by atoms with Gasteiger partial charge in [0, 0.05) is 10.6 Å². The number of rotatable bonds is 7. The molecule has 0 saturated carbocycles. The highest BCUT2D eigenvalue weighted by atomic mass is 35.5. The highest BCUT2D eigenvalue weighted by Gasteiger charge is 2.38. The van der Waals surface area contributed by atoms with Crippen molar-refractivity contribution in [1.82, 2.24) is 0 Å². The van der Waals surface area contributed by atoms with Gasteiger partial charge in [-0.05, 0) is 37.5 Å². The molecule has 24 heavy (non-hydrogen) atoms. The molecule has 0 aliphatic rings. The average Bonchev–Trinajstić information content (AvgIpc) is 2.54. The van der Waals surface area contributed by atoms with E-state index in [2.05, 4.69) is 0 Å². The number of carbonyl (C=O) groups excluding carboxylic acids is 1. The van der Waals surface area contributed by atoms with E-state index in [1.807, 2.05) is 6.92 Å². The summed E-state index contributed by atoms with van der Waals surface area (Å²) in [5.74, 6) is -1.78. The Morgan fingerprint density at radius 2 is 1.62 bits per heavy atom. The normalized spacial score (nSPS) is 13.3. The molecule has 2 rings (SSSR count). The van der Waals surface area contributed by atoms with Gasteiger partial charge in [-0.1, -0.05) is 53.6 Å². The number of hydrogen-bond donors (Lipinski definition) is 2. The summed E-state index contributed by atoms with van der Waals surface area (Å²) in [4.78, 5) is 23.8. The zero-order valence-corrected chi connectivity index (χ0v) is 14.1. The largest absolute Gasteiger partial charge is 0.479 e. The van der Waals surface area contributed by atoms with E-state index in [4.69, 9.17) is 11.6 Å². The first-order chi connectivity index (χ1) is 11.3. The predicted molar refractivity (Wildman–Crippen MR) is 92.5 cm³/mol. The van der Waals surface area contributed by atoms with Crippen molar-refractivity contribution in [1.29, 1.82) is 0 Å².